The summed E-state index contributed by atoms with van der Waals surface area (Å²) in [6, 6.07) is 26.1. The van der Waals surface area contributed by atoms with Crippen molar-refractivity contribution in [1.29, 1.82) is 0 Å². The van der Waals surface area contributed by atoms with Gasteiger partial charge in [-0.3, -0.25) is 4.79 Å². The first kappa shape index (κ1) is 16.9. The summed E-state index contributed by atoms with van der Waals surface area (Å²) in [4.78, 5) is 11.3. The highest BCUT2D eigenvalue weighted by Crippen LogP contribution is 2.58. The van der Waals surface area contributed by atoms with E-state index in [1.165, 1.54) is 22.3 Å². The highest BCUT2D eigenvalue weighted by atomic mass is 32.2. The van der Waals surface area contributed by atoms with E-state index in [0.717, 1.165) is 5.56 Å². The Kier molecular flexibility index (Phi) is 4.31. The number of hydrogen-bond donors (Lipinski definition) is 2. The number of fused-ring (bicyclic) bond motifs is 3. The molecular weight excluding hydrogens is 342 g/mol. The highest BCUT2D eigenvalue weighted by Gasteiger charge is 2.45. The van der Waals surface area contributed by atoms with E-state index in [1.807, 2.05) is 42.5 Å². The monoisotopic (exact) mass is 361 g/mol. The van der Waals surface area contributed by atoms with Crippen molar-refractivity contribution in [2.24, 2.45) is 5.73 Å². The van der Waals surface area contributed by atoms with Crippen LogP contribution in [0.3, 0.4) is 0 Å². The van der Waals surface area contributed by atoms with Crippen molar-refractivity contribution >= 4 is 17.7 Å². The Labute approximate surface area is 156 Å². The SMILES string of the molecule is NC(CSC1(c2ccccc2)c2ccccc2-c2ccccc21)C(=O)O. The Morgan fingerprint density at radius 2 is 1.38 bits per heavy atom. The molecule has 4 heteroatoms. The molecule has 0 spiro atoms. The molecule has 0 fully saturated rings. The minimum atomic E-state index is -0.972. The molecule has 1 unspecified atom stereocenters. The maximum absolute atomic E-state index is 11.3. The molecule has 1 aliphatic rings. The smallest absolute Gasteiger partial charge is 0.321 e. The third-order valence-electron chi connectivity index (χ3n) is 4.88. The first-order valence-corrected chi connectivity index (χ1v) is 9.50. The van der Waals surface area contributed by atoms with Gasteiger partial charge in [-0.05, 0) is 27.8 Å². The molecule has 0 heterocycles. The van der Waals surface area contributed by atoms with Crippen molar-refractivity contribution in [3.8, 4) is 11.1 Å². The van der Waals surface area contributed by atoms with Crippen molar-refractivity contribution in [3.05, 3.63) is 95.6 Å². The molecule has 3 aromatic rings. The fraction of sp³-hybridized carbons (Fsp3) is 0.136. The minimum Gasteiger partial charge on any atom is -0.480 e. The van der Waals surface area contributed by atoms with Crippen molar-refractivity contribution in [3.63, 3.8) is 0 Å². The van der Waals surface area contributed by atoms with Crippen LogP contribution in [-0.2, 0) is 9.54 Å². The second-order valence-electron chi connectivity index (χ2n) is 6.39. The van der Waals surface area contributed by atoms with Gasteiger partial charge in [-0.2, -0.15) is 0 Å². The topological polar surface area (TPSA) is 63.3 Å². The molecule has 26 heavy (non-hydrogen) atoms. The van der Waals surface area contributed by atoms with Crippen molar-refractivity contribution < 1.29 is 9.90 Å². The molecular formula is C22H19NO2S. The fourth-order valence-electron chi connectivity index (χ4n) is 3.70. The van der Waals surface area contributed by atoms with E-state index in [-0.39, 0.29) is 0 Å². The Morgan fingerprint density at radius 1 is 0.885 bits per heavy atom. The molecule has 3 aromatic carbocycles. The van der Waals surface area contributed by atoms with Crippen LogP contribution in [0.1, 0.15) is 16.7 Å². The van der Waals surface area contributed by atoms with Crippen LogP contribution in [0.4, 0.5) is 0 Å². The number of carboxylic acid groups (broad SMARTS) is 1. The minimum absolute atomic E-state index is 0.326. The predicted octanol–water partition coefficient (Wildman–Crippen LogP) is 4.10. The van der Waals surface area contributed by atoms with Crippen LogP contribution >= 0.6 is 11.8 Å². The number of hydrogen-bond acceptors (Lipinski definition) is 3. The van der Waals surface area contributed by atoms with Crippen LogP contribution < -0.4 is 5.73 Å². The van der Waals surface area contributed by atoms with Crippen molar-refractivity contribution in [2.75, 3.05) is 5.75 Å². The number of carbonyl (C=O) groups is 1. The van der Waals surface area contributed by atoms with E-state index >= 15 is 0 Å². The Balaban J connectivity index is 1.95. The van der Waals surface area contributed by atoms with Gasteiger partial charge in [0, 0.05) is 5.75 Å². The molecule has 0 aliphatic heterocycles. The molecule has 3 nitrogen and oxygen atoms in total. The summed E-state index contributed by atoms with van der Waals surface area (Å²) in [5.41, 5.74) is 11.8. The maximum atomic E-state index is 11.3. The summed E-state index contributed by atoms with van der Waals surface area (Å²) < 4.78 is -0.457. The third-order valence-corrected chi connectivity index (χ3v) is 6.51. The molecule has 1 aliphatic carbocycles. The zero-order valence-corrected chi connectivity index (χ0v) is 14.9. The second-order valence-corrected chi connectivity index (χ2v) is 7.63. The molecule has 0 aromatic heterocycles. The molecule has 130 valence electrons. The van der Waals surface area contributed by atoms with E-state index in [0.29, 0.717) is 5.75 Å². The van der Waals surface area contributed by atoms with E-state index in [4.69, 9.17) is 5.73 Å². The molecule has 1 atom stereocenters. The molecule has 0 saturated carbocycles. The van der Waals surface area contributed by atoms with Gasteiger partial charge in [-0.15, -0.1) is 11.8 Å². The van der Waals surface area contributed by atoms with Gasteiger partial charge in [0.25, 0.3) is 0 Å². The van der Waals surface area contributed by atoms with Gasteiger partial charge >= 0.3 is 5.97 Å². The summed E-state index contributed by atoms with van der Waals surface area (Å²) in [7, 11) is 0. The summed E-state index contributed by atoms with van der Waals surface area (Å²) >= 11 is 1.60. The van der Waals surface area contributed by atoms with Crippen LogP contribution in [0.5, 0.6) is 0 Å². The number of thioether (sulfide) groups is 1. The van der Waals surface area contributed by atoms with Crippen molar-refractivity contribution in [1.82, 2.24) is 0 Å². The van der Waals surface area contributed by atoms with Crippen LogP contribution in [-0.4, -0.2) is 22.9 Å². The summed E-state index contributed by atoms with van der Waals surface area (Å²) in [5, 5.41) is 9.26. The predicted molar refractivity (Wildman–Crippen MR) is 106 cm³/mol. The molecule has 0 bridgehead atoms. The van der Waals surface area contributed by atoms with Crippen LogP contribution in [0.2, 0.25) is 0 Å². The molecule has 0 saturated heterocycles. The zero-order chi connectivity index (χ0) is 18.1. The summed E-state index contributed by atoms with van der Waals surface area (Å²) in [5.74, 6) is -0.646. The van der Waals surface area contributed by atoms with Gasteiger partial charge < -0.3 is 10.8 Å². The average molecular weight is 361 g/mol. The molecule has 3 N–H and O–H groups in total. The van der Waals surface area contributed by atoms with Gasteiger partial charge in [0.2, 0.25) is 0 Å². The molecule has 0 radical (unpaired) electrons. The Bertz CT molecular complexity index is 910. The lowest BCUT2D eigenvalue weighted by atomic mass is 9.88. The normalized spacial score (nSPS) is 15.1. The lowest BCUT2D eigenvalue weighted by Crippen LogP contribution is -2.35. The first-order valence-electron chi connectivity index (χ1n) is 8.52. The van der Waals surface area contributed by atoms with E-state index in [2.05, 4.69) is 36.4 Å². The number of nitrogens with two attached hydrogens (primary N) is 1. The maximum Gasteiger partial charge on any atom is 0.321 e. The number of aliphatic carboxylic acids is 1. The lowest BCUT2D eigenvalue weighted by molar-refractivity contribution is -0.137. The van der Waals surface area contributed by atoms with Gasteiger partial charge in [-0.25, -0.2) is 0 Å². The summed E-state index contributed by atoms with van der Waals surface area (Å²) in [6.45, 7) is 0. The van der Waals surface area contributed by atoms with Gasteiger partial charge in [0.15, 0.2) is 0 Å². The van der Waals surface area contributed by atoms with Gasteiger partial charge in [-0.1, -0.05) is 78.9 Å². The molecule has 4 rings (SSSR count). The second kappa shape index (κ2) is 6.63. The zero-order valence-electron chi connectivity index (χ0n) is 14.1. The number of carboxylic acids is 1. The van der Waals surface area contributed by atoms with Crippen LogP contribution in [0, 0.1) is 0 Å². The fourth-order valence-corrected chi connectivity index (χ4v) is 5.25. The molecule has 0 amide bonds. The quantitative estimate of drug-likeness (QED) is 0.718. The number of rotatable bonds is 5. The summed E-state index contributed by atoms with van der Waals surface area (Å²) in [6.07, 6.45) is 0. The lowest BCUT2D eigenvalue weighted by Gasteiger charge is -2.33. The van der Waals surface area contributed by atoms with Crippen LogP contribution in [0.25, 0.3) is 11.1 Å². The Hall–Kier alpha value is -2.56. The number of benzene rings is 3. The highest BCUT2D eigenvalue weighted by molar-refractivity contribution is 8.00. The van der Waals surface area contributed by atoms with Crippen LogP contribution in [0.15, 0.2) is 78.9 Å². The van der Waals surface area contributed by atoms with E-state index in [1.54, 1.807) is 11.8 Å². The third kappa shape index (κ3) is 2.54. The van der Waals surface area contributed by atoms with E-state index < -0.39 is 16.8 Å². The first-order chi connectivity index (χ1) is 12.6. The largest absolute Gasteiger partial charge is 0.480 e. The Morgan fingerprint density at radius 3 is 1.92 bits per heavy atom. The average Bonchev–Trinajstić information content (AvgIpc) is 2.98. The van der Waals surface area contributed by atoms with Gasteiger partial charge in [0.05, 0.1) is 4.75 Å². The van der Waals surface area contributed by atoms with E-state index in [9.17, 15) is 9.90 Å². The van der Waals surface area contributed by atoms with Crippen molar-refractivity contribution in [2.45, 2.75) is 10.8 Å². The van der Waals surface area contributed by atoms with Gasteiger partial charge in [0.1, 0.15) is 6.04 Å². The standard InChI is InChI=1S/C22H19NO2S/c23-20(21(24)25)14-26-22(15-8-2-1-3-9-15)18-12-6-4-10-16(18)17-11-5-7-13-19(17)22/h1-13,20H,14,23H2,(H,24,25).